The van der Waals surface area contributed by atoms with Crippen LogP contribution in [-0.2, 0) is 0 Å². The minimum atomic E-state index is -1.76. The molecule has 0 aliphatic heterocycles. The largest absolute Gasteiger partial charge is 0.394 e. The molecule has 5 nitrogen and oxygen atoms in total. The van der Waals surface area contributed by atoms with Crippen LogP contribution in [0.4, 0.5) is 0 Å². The van der Waals surface area contributed by atoms with Gasteiger partial charge in [-0.1, -0.05) is 0 Å². The Bertz CT molecular complexity index is 194. The lowest BCUT2D eigenvalue weighted by Gasteiger charge is -2.43. The van der Waals surface area contributed by atoms with E-state index in [1.165, 1.54) is 0 Å². The highest BCUT2D eigenvalue weighted by Crippen LogP contribution is 2.06. The lowest BCUT2D eigenvalue weighted by atomic mass is 9.92. The third-order valence-corrected chi connectivity index (χ3v) is 7.41. The van der Waals surface area contributed by atoms with E-state index in [4.69, 9.17) is 0 Å². The van der Waals surface area contributed by atoms with Gasteiger partial charge in [0, 0.05) is 0 Å². The number of hydrogen-bond acceptors (Lipinski definition) is 5. The molecule has 0 unspecified atom stereocenters. The molecule has 0 bridgehead atoms. The highest BCUT2D eigenvalue weighted by atomic mass is 28.4. The molecule has 0 aromatic carbocycles. The van der Waals surface area contributed by atoms with Crippen LogP contribution in [0.15, 0.2) is 0 Å². The van der Waals surface area contributed by atoms with Gasteiger partial charge in [-0.05, 0) is 62.9 Å². The van der Waals surface area contributed by atoms with E-state index in [0.717, 1.165) is 0 Å². The maximum absolute atomic E-state index is 3.77. The van der Waals surface area contributed by atoms with Gasteiger partial charge in [-0.3, -0.25) is 0 Å². The summed E-state index contributed by atoms with van der Waals surface area (Å²) in [5.74, 6) is 0. The van der Waals surface area contributed by atoms with Crippen molar-refractivity contribution < 1.29 is 0 Å². The Morgan fingerprint density at radius 3 is 1.25 bits per heavy atom. The average Bonchev–Trinajstić information content (AvgIpc) is 2.11. The molecule has 0 aliphatic carbocycles. The monoisotopic (exact) mass is 245 g/mol. The molecule has 0 radical (unpaired) electrons. The van der Waals surface area contributed by atoms with Crippen LogP contribution in [0.1, 0.15) is 0 Å². The van der Waals surface area contributed by atoms with Crippen molar-refractivity contribution in [1.29, 1.82) is 0 Å². The van der Waals surface area contributed by atoms with E-state index in [2.05, 4.69) is 86.6 Å². The Hall–Kier alpha value is 0.0818. The number of nitrogens with zero attached hydrogens (tertiary/aromatic N) is 4. The number of rotatable bonds is 6. The second-order valence-corrected chi connectivity index (χ2v) is 9.37. The normalized spacial score (nSPS) is 13.3. The number of nitrogens with one attached hydrogen (secondary N) is 1. The zero-order valence-electron chi connectivity index (χ0n) is 12.4. The van der Waals surface area contributed by atoms with Gasteiger partial charge in [-0.2, -0.15) is 0 Å². The SMILES string of the molecule is CN(C)B(N[Si](C)(N(C)C)N(C)C)N(C)C. The lowest BCUT2D eigenvalue weighted by Crippen LogP contribution is -2.76. The van der Waals surface area contributed by atoms with Crippen LogP contribution in [0.25, 0.3) is 0 Å². The van der Waals surface area contributed by atoms with Gasteiger partial charge in [0.05, 0.1) is 0 Å². The van der Waals surface area contributed by atoms with Crippen molar-refractivity contribution in [2.24, 2.45) is 0 Å². The van der Waals surface area contributed by atoms with Crippen LogP contribution < -0.4 is 4.89 Å². The lowest BCUT2D eigenvalue weighted by molar-refractivity contribution is 0.454. The summed E-state index contributed by atoms with van der Waals surface area (Å²) in [6, 6.07) is 0. The molecule has 16 heavy (non-hydrogen) atoms. The Balaban J connectivity index is 4.86. The van der Waals surface area contributed by atoms with Crippen molar-refractivity contribution in [2.45, 2.75) is 6.55 Å². The summed E-state index contributed by atoms with van der Waals surface area (Å²) in [7, 11) is 15.4. The van der Waals surface area contributed by atoms with Gasteiger partial charge in [0.2, 0.25) is 0 Å². The second kappa shape index (κ2) is 6.13. The predicted molar refractivity (Wildman–Crippen MR) is 75.3 cm³/mol. The van der Waals surface area contributed by atoms with Gasteiger partial charge in [0.15, 0.2) is 0 Å². The first-order valence-corrected chi connectivity index (χ1v) is 7.97. The molecule has 0 spiro atoms. The molecule has 1 N–H and O–H groups in total. The summed E-state index contributed by atoms with van der Waals surface area (Å²) in [5, 5.41) is 0. The standard InChI is InChI=1S/C9H28BN5Si/c1-12(2)10(13(3)4)11-16(9,14(5)6)15(7)8/h11H,1-9H3. The van der Waals surface area contributed by atoms with E-state index in [-0.39, 0.29) is 7.12 Å². The van der Waals surface area contributed by atoms with Crippen molar-refractivity contribution >= 4 is 15.7 Å². The molecule has 0 fully saturated rings. The van der Waals surface area contributed by atoms with Gasteiger partial charge in [-0.25, -0.2) is 0 Å². The molecule has 0 heterocycles. The van der Waals surface area contributed by atoms with E-state index >= 15 is 0 Å². The zero-order chi connectivity index (χ0) is 13.1. The van der Waals surface area contributed by atoms with Crippen molar-refractivity contribution in [3.63, 3.8) is 0 Å². The fourth-order valence-corrected chi connectivity index (χ4v) is 3.94. The Labute approximate surface area is 103 Å². The summed E-state index contributed by atoms with van der Waals surface area (Å²) < 4.78 is 4.62. The van der Waals surface area contributed by atoms with Crippen LogP contribution in [0.5, 0.6) is 0 Å². The average molecular weight is 245 g/mol. The van der Waals surface area contributed by atoms with Gasteiger partial charge >= 0.3 is 7.12 Å². The summed E-state index contributed by atoms with van der Waals surface area (Å²) >= 11 is 0. The predicted octanol–water partition coefficient (Wildman–Crippen LogP) is -0.624. The molecule has 0 saturated heterocycles. The molecule has 0 aliphatic rings. The highest BCUT2D eigenvalue weighted by Gasteiger charge is 2.39. The Morgan fingerprint density at radius 1 is 0.750 bits per heavy atom. The summed E-state index contributed by atoms with van der Waals surface area (Å²) in [6.07, 6.45) is 0. The summed E-state index contributed by atoms with van der Waals surface area (Å²) in [6.45, 7) is 2.31. The van der Waals surface area contributed by atoms with Gasteiger partial charge in [-0.15, -0.1) is 0 Å². The molecule has 7 heteroatoms. The van der Waals surface area contributed by atoms with Crippen LogP contribution in [0.2, 0.25) is 6.55 Å². The van der Waals surface area contributed by atoms with Crippen molar-refractivity contribution in [3.05, 3.63) is 0 Å². The first kappa shape index (κ1) is 16.1. The topological polar surface area (TPSA) is 25.0 Å². The zero-order valence-corrected chi connectivity index (χ0v) is 13.4. The van der Waals surface area contributed by atoms with Gasteiger partial charge in [0.1, 0.15) is 0 Å². The molecule has 0 aromatic heterocycles. The minimum absolute atomic E-state index is 0.251. The van der Waals surface area contributed by atoms with Crippen molar-refractivity contribution in [1.82, 2.24) is 23.6 Å². The van der Waals surface area contributed by atoms with Gasteiger partial charge < -0.3 is 23.6 Å². The van der Waals surface area contributed by atoms with Crippen LogP contribution in [0, 0.1) is 0 Å². The van der Waals surface area contributed by atoms with E-state index in [1.807, 2.05) is 0 Å². The maximum Gasteiger partial charge on any atom is 0.394 e. The molecule has 0 atom stereocenters. The molecule has 96 valence electrons. The second-order valence-electron chi connectivity index (χ2n) is 5.25. The third-order valence-electron chi connectivity index (χ3n) is 3.12. The summed E-state index contributed by atoms with van der Waals surface area (Å²) in [4.78, 5) is 8.16. The molecule has 0 rings (SSSR count). The quantitative estimate of drug-likeness (QED) is 0.629. The molecular weight excluding hydrogens is 217 g/mol. The minimum Gasteiger partial charge on any atom is -0.325 e. The van der Waals surface area contributed by atoms with Crippen molar-refractivity contribution in [2.75, 3.05) is 56.4 Å². The molecular formula is C9H28BN5Si. The van der Waals surface area contributed by atoms with Crippen LogP contribution in [-0.4, -0.2) is 90.8 Å². The first-order valence-electron chi connectivity index (χ1n) is 5.58. The Kier molecular flexibility index (Phi) is 6.16. The number of hydrogen-bond donors (Lipinski definition) is 1. The molecule has 0 saturated carbocycles. The molecule has 0 aromatic rings. The van der Waals surface area contributed by atoms with E-state index in [1.54, 1.807) is 0 Å². The summed E-state index contributed by atoms with van der Waals surface area (Å²) in [5.41, 5.74) is 0. The van der Waals surface area contributed by atoms with E-state index in [0.29, 0.717) is 0 Å². The fourth-order valence-electron chi connectivity index (χ4n) is 1.62. The Morgan fingerprint density at radius 2 is 1.06 bits per heavy atom. The van der Waals surface area contributed by atoms with E-state index in [9.17, 15) is 0 Å². The maximum atomic E-state index is 3.77. The van der Waals surface area contributed by atoms with E-state index < -0.39 is 8.56 Å². The van der Waals surface area contributed by atoms with Crippen molar-refractivity contribution in [3.8, 4) is 0 Å². The smallest absolute Gasteiger partial charge is 0.325 e. The van der Waals surface area contributed by atoms with Crippen LogP contribution >= 0.6 is 0 Å². The van der Waals surface area contributed by atoms with Gasteiger partial charge in [0.25, 0.3) is 8.56 Å². The first-order chi connectivity index (χ1) is 7.12. The highest BCUT2D eigenvalue weighted by molar-refractivity contribution is 6.79. The molecule has 0 amide bonds. The third kappa shape index (κ3) is 3.83. The fraction of sp³-hybridized carbons (Fsp3) is 1.00. The van der Waals surface area contributed by atoms with Crippen LogP contribution in [0.3, 0.4) is 0 Å².